The maximum absolute atomic E-state index is 11.6. The van der Waals surface area contributed by atoms with Crippen molar-refractivity contribution in [2.24, 2.45) is 0 Å². The number of benzene rings is 1. The van der Waals surface area contributed by atoms with Crippen LogP contribution in [-0.4, -0.2) is 70.7 Å². The third-order valence-electron chi connectivity index (χ3n) is 4.74. The van der Waals surface area contributed by atoms with Gasteiger partial charge in [0.05, 0.1) is 11.5 Å². The summed E-state index contributed by atoms with van der Waals surface area (Å²) < 4.78 is 11.7. The van der Waals surface area contributed by atoms with Crippen LogP contribution in [0, 0.1) is 0 Å². The van der Waals surface area contributed by atoms with Crippen LogP contribution in [0.25, 0.3) is 6.08 Å². The van der Waals surface area contributed by atoms with E-state index in [-0.39, 0.29) is 17.3 Å². The van der Waals surface area contributed by atoms with Crippen LogP contribution >= 0.6 is 11.8 Å². The number of hydrogen-bond acceptors (Lipinski definition) is 9. The standard InChI is InChI=1S/C20H19N3O4S.C4H4O4/c24-19-17(28-20(25)22-19)11-14-4-6-15(7-5-14)27-13-16-12-23(9-10-26-16)18-3-1-2-8-21-18;5-3(6)1-2-4(7)8/h1-8,11,16H,9-10,12-13H2,(H,22,24,25);1-2H,(H,5,6)(H,7,8)/b17-11-;2-1-. The highest BCUT2D eigenvalue weighted by Gasteiger charge is 2.25. The van der Waals surface area contributed by atoms with Gasteiger partial charge in [0.15, 0.2) is 0 Å². The van der Waals surface area contributed by atoms with E-state index in [1.807, 2.05) is 42.5 Å². The molecule has 36 heavy (non-hydrogen) atoms. The molecule has 2 saturated heterocycles. The smallest absolute Gasteiger partial charge is 0.328 e. The van der Waals surface area contributed by atoms with Crippen LogP contribution in [0.1, 0.15) is 5.56 Å². The summed E-state index contributed by atoms with van der Waals surface area (Å²) in [7, 11) is 0. The van der Waals surface area contributed by atoms with E-state index < -0.39 is 11.9 Å². The number of thioether (sulfide) groups is 1. The highest BCUT2D eigenvalue weighted by atomic mass is 32.2. The summed E-state index contributed by atoms with van der Waals surface area (Å²) in [6, 6.07) is 13.2. The van der Waals surface area contributed by atoms with E-state index in [0.717, 1.165) is 42.0 Å². The Morgan fingerprint density at radius 1 is 1.14 bits per heavy atom. The summed E-state index contributed by atoms with van der Waals surface area (Å²) in [5, 5.41) is 17.5. The van der Waals surface area contributed by atoms with E-state index >= 15 is 0 Å². The molecule has 2 aliphatic rings. The van der Waals surface area contributed by atoms with Crippen LogP contribution in [0.3, 0.4) is 0 Å². The zero-order valence-electron chi connectivity index (χ0n) is 18.9. The second-order valence-electron chi connectivity index (χ2n) is 7.37. The van der Waals surface area contributed by atoms with Gasteiger partial charge in [0.1, 0.15) is 24.3 Å². The average molecular weight is 514 g/mol. The molecule has 0 spiro atoms. The Kier molecular flexibility index (Phi) is 9.60. The van der Waals surface area contributed by atoms with E-state index in [1.54, 1.807) is 12.3 Å². The predicted octanol–water partition coefficient (Wildman–Crippen LogP) is 2.40. The van der Waals surface area contributed by atoms with Gasteiger partial charge in [-0.25, -0.2) is 14.6 Å². The number of amides is 2. The second-order valence-corrected chi connectivity index (χ2v) is 8.38. The van der Waals surface area contributed by atoms with Crippen molar-refractivity contribution >= 4 is 46.7 Å². The van der Waals surface area contributed by atoms with Gasteiger partial charge in [-0.05, 0) is 47.7 Å². The Labute approximate surface area is 210 Å². The zero-order valence-corrected chi connectivity index (χ0v) is 19.7. The largest absolute Gasteiger partial charge is 0.491 e. The molecule has 4 rings (SSSR count). The first-order valence-electron chi connectivity index (χ1n) is 10.7. The number of ether oxygens (including phenoxy) is 2. The van der Waals surface area contributed by atoms with Crippen molar-refractivity contribution in [3.8, 4) is 5.75 Å². The molecular formula is C24H23N3O8S. The van der Waals surface area contributed by atoms with E-state index in [0.29, 0.717) is 30.3 Å². The Morgan fingerprint density at radius 2 is 1.86 bits per heavy atom. The maximum atomic E-state index is 11.6. The van der Waals surface area contributed by atoms with Crippen molar-refractivity contribution in [3.05, 3.63) is 71.3 Å². The fourth-order valence-corrected chi connectivity index (χ4v) is 3.82. The zero-order chi connectivity index (χ0) is 25.9. The van der Waals surface area contributed by atoms with Gasteiger partial charge in [0, 0.05) is 31.4 Å². The summed E-state index contributed by atoms with van der Waals surface area (Å²) >= 11 is 0.904. The molecular weight excluding hydrogens is 490 g/mol. The minimum absolute atomic E-state index is 0.0397. The van der Waals surface area contributed by atoms with Gasteiger partial charge >= 0.3 is 11.9 Å². The normalized spacial score (nSPS) is 18.5. The van der Waals surface area contributed by atoms with Crippen LogP contribution in [0.5, 0.6) is 5.75 Å². The minimum Gasteiger partial charge on any atom is -0.491 e. The number of imide groups is 1. The Morgan fingerprint density at radius 3 is 2.44 bits per heavy atom. The molecule has 1 unspecified atom stereocenters. The SMILES string of the molecule is O=C(O)/C=C\C(=O)O.O=C1NC(=O)/C(=C/c2ccc(OCC3CN(c4ccccn4)CCO3)cc2)S1. The predicted molar refractivity (Wildman–Crippen MR) is 132 cm³/mol. The fraction of sp³-hybridized carbons (Fsp3) is 0.208. The van der Waals surface area contributed by atoms with Gasteiger partial charge < -0.3 is 24.6 Å². The molecule has 2 fully saturated rings. The number of morpholine rings is 1. The topological polar surface area (TPSA) is 155 Å². The number of pyridine rings is 1. The number of aromatic nitrogens is 1. The number of carboxylic acid groups (broad SMARTS) is 2. The summed E-state index contributed by atoms with van der Waals surface area (Å²) in [6.07, 6.45) is 4.55. The molecule has 3 heterocycles. The summed E-state index contributed by atoms with van der Waals surface area (Å²) in [5.41, 5.74) is 0.829. The number of nitrogens with one attached hydrogen (secondary N) is 1. The van der Waals surface area contributed by atoms with Gasteiger partial charge in [-0.3, -0.25) is 14.9 Å². The van der Waals surface area contributed by atoms with E-state index in [2.05, 4.69) is 15.2 Å². The lowest BCUT2D eigenvalue weighted by atomic mass is 10.2. The van der Waals surface area contributed by atoms with Crippen molar-refractivity contribution in [2.45, 2.75) is 6.10 Å². The lowest BCUT2D eigenvalue weighted by Gasteiger charge is -2.33. The van der Waals surface area contributed by atoms with Crippen molar-refractivity contribution < 1.29 is 38.9 Å². The fourth-order valence-electron chi connectivity index (χ4n) is 3.13. The van der Waals surface area contributed by atoms with Crippen LogP contribution < -0.4 is 15.0 Å². The number of nitrogens with zero attached hydrogens (tertiary/aromatic N) is 2. The molecule has 2 aliphatic heterocycles. The lowest BCUT2D eigenvalue weighted by molar-refractivity contribution is -0.134. The van der Waals surface area contributed by atoms with Crippen molar-refractivity contribution in [1.82, 2.24) is 10.3 Å². The molecule has 2 aromatic rings. The van der Waals surface area contributed by atoms with Crippen molar-refractivity contribution in [2.75, 3.05) is 31.2 Å². The van der Waals surface area contributed by atoms with Crippen LogP contribution in [0.2, 0.25) is 0 Å². The molecule has 12 heteroatoms. The van der Waals surface area contributed by atoms with Gasteiger partial charge in [0.25, 0.3) is 11.1 Å². The first kappa shape index (κ1) is 26.4. The highest BCUT2D eigenvalue weighted by Crippen LogP contribution is 2.26. The number of carboxylic acids is 2. The van der Waals surface area contributed by atoms with Crippen LogP contribution in [-0.2, 0) is 19.1 Å². The molecule has 188 valence electrons. The Balaban J connectivity index is 0.000000392. The summed E-state index contributed by atoms with van der Waals surface area (Å²) in [4.78, 5) is 48.9. The Hall–Kier alpha value is -4.16. The number of aliphatic carboxylic acids is 2. The third-order valence-corrected chi connectivity index (χ3v) is 5.55. The first-order chi connectivity index (χ1) is 17.3. The van der Waals surface area contributed by atoms with E-state index in [1.165, 1.54) is 0 Å². The molecule has 1 atom stereocenters. The third kappa shape index (κ3) is 8.56. The molecule has 2 amide bonds. The molecule has 0 aliphatic carbocycles. The van der Waals surface area contributed by atoms with Crippen LogP contribution in [0.15, 0.2) is 65.7 Å². The highest BCUT2D eigenvalue weighted by molar-refractivity contribution is 8.18. The molecule has 0 bridgehead atoms. The molecule has 0 saturated carbocycles. The van der Waals surface area contributed by atoms with Gasteiger partial charge in [-0.2, -0.15) is 0 Å². The lowest BCUT2D eigenvalue weighted by Crippen LogP contribution is -2.45. The first-order valence-corrected chi connectivity index (χ1v) is 11.5. The number of rotatable bonds is 7. The van der Waals surface area contributed by atoms with Crippen molar-refractivity contribution in [1.29, 1.82) is 0 Å². The maximum Gasteiger partial charge on any atom is 0.328 e. The number of carbonyl (C=O) groups is 4. The summed E-state index contributed by atoms with van der Waals surface area (Å²) in [5.74, 6) is -1.21. The number of carbonyl (C=O) groups excluding carboxylic acids is 2. The quantitative estimate of drug-likeness (QED) is 0.467. The van der Waals surface area contributed by atoms with Gasteiger partial charge in [0.2, 0.25) is 0 Å². The molecule has 1 aromatic heterocycles. The second kappa shape index (κ2) is 13.1. The molecule has 1 aromatic carbocycles. The number of anilines is 1. The number of hydrogen-bond donors (Lipinski definition) is 3. The minimum atomic E-state index is -1.26. The molecule has 3 N–H and O–H groups in total. The van der Waals surface area contributed by atoms with Gasteiger partial charge in [-0.1, -0.05) is 18.2 Å². The monoisotopic (exact) mass is 513 g/mol. The van der Waals surface area contributed by atoms with Crippen molar-refractivity contribution in [3.63, 3.8) is 0 Å². The molecule has 11 nitrogen and oxygen atoms in total. The Bertz CT molecular complexity index is 1140. The van der Waals surface area contributed by atoms with E-state index in [4.69, 9.17) is 19.7 Å². The molecule has 0 radical (unpaired) electrons. The van der Waals surface area contributed by atoms with Crippen LogP contribution in [0.4, 0.5) is 10.6 Å². The average Bonchev–Trinajstić information content (AvgIpc) is 3.19. The van der Waals surface area contributed by atoms with Gasteiger partial charge in [-0.15, -0.1) is 0 Å². The summed E-state index contributed by atoms with van der Waals surface area (Å²) in [6.45, 7) is 2.61. The van der Waals surface area contributed by atoms with E-state index in [9.17, 15) is 19.2 Å².